The fourth-order valence-electron chi connectivity index (χ4n) is 3.29. The molecule has 0 spiro atoms. The molecule has 4 nitrogen and oxygen atoms in total. The molecule has 1 amide bonds. The topological polar surface area (TPSA) is 36.4 Å². The number of pyridine rings is 1. The maximum absolute atomic E-state index is 12.7. The molecule has 0 unspecified atom stereocenters. The predicted octanol–water partition coefficient (Wildman–Crippen LogP) is 4.38. The van der Waals surface area contributed by atoms with E-state index in [1.54, 1.807) is 11.8 Å². The molecule has 0 radical (unpaired) electrons. The minimum Gasteiger partial charge on any atom is -0.355 e. The smallest absolute Gasteiger partial charge is 0.355 e. The molecule has 2 aromatic rings. The van der Waals surface area contributed by atoms with E-state index in [1.165, 1.54) is 17.2 Å². The van der Waals surface area contributed by atoms with Gasteiger partial charge in [-0.15, -0.1) is 11.8 Å². The van der Waals surface area contributed by atoms with Crippen molar-refractivity contribution in [3.63, 3.8) is 0 Å². The van der Waals surface area contributed by atoms with Gasteiger partial charge in [0.2, 0.25) is 5.91 Å². The number of nitrogens with zero attached hydrogens (tertiary/aromatic N) is 3. The minimum atomic E-state index is -4.39. The average Bonchev–Trinajstić information content (AvgIpc) is 2.94. The number of rotatable bonds is 5. The van der Waals surface area contributed by atoms with Crippen molar-refractivity contribution in [2.24, 2.45) is 0 Å². The first-order valence-corrected chi connectivity index (χ1v) is 10.7. The second-order valence-electron chi connectivity index (χ2n) is 7.11. The van der Waals surface area contributed by atoms with Crippen molar-refractivity contribution in [1.29, 1.82) is 0 Å². The van der Waals surface area contributed by atoms with E-state index in [0.717, 1.165) is 24.4 Å². The molecular formula is C21H24F3N3OS. The molecule has 1 aliphatic rings. The largest absolute Gasteiger partial charge is 0.417 e. The Kier molecular flexibility index (Phi) is 7.05. The standard InChI is InChI=1S/C21H24F3N3OS/c1-16-4-2-5-17(12-16)14-29-15-20(28)27-9-3-8-26(10-11-27)19-7-6-18(13-25-19)21(22,23)24/h2,4-7,12-13H,3,8-11,14-15H2,1H3. The Hall–Kier alpha value is -2.22. The number of thioether (sulfide) groups is 1. The van der Waals surface area contributed by atoms with Crippen molar-refractivity contribution in [2.45, 2.75) is 25.3 Å². The summed E-state index contributed by atoms with van der Waals surface area (Å²) in [7, 11) is 0. The highest BCUT2D eigenvalue weighted by Crippen LogP contribution is 2.29. The number of benzene rings is 1. The lowest BCUT2D eigenvalue weighted by atomic mass is 10.2. The molecule has 1 fully saturated rings. The summed E-state index contributed by atoms with van der Waals surface area (Å²) in [6, 6.07) is 10.7. The van der Waals surface area contributed by atoms with Crippen LogP contribution in [0.5, 0.6) is 0 Å². The van der Waals surface area contributed by atoms with Gasteiger partial charge in [-0.2, -0.15) is 13.2 Å². The van der Waals surface area contributed by atoms with Crippen LogP contribution >= 0.6 is 11.8 Å². The molecule has 0 N–H and O–H groups in total. The summed E-state index contributed by atoms with van der Waals surface area (Å²) >= 11 is 1.60. The summed E-state index contributed by atoms with van der Waals surface area (Å²) in [5.74, 6) is 1.83. The zero-order chi connectivity index (χ0) is 20.9. The van der Waals surface area contributed by atoms with E-state index in [-0.39, 0.29) is 5.91 Å². The van der Waals surface area contributed by atoms with Gasteiger partial charge in [-0.3, -0.25) is 4.79 Å². The summed E-state index contributed by atoms with van der Waals surface area (Å²) < 4.78 is 38.1. The van der Waals surface area contributed by atoms with Crippen molar-refractivity contribution < 1.29 is 18.0 Å². The molecular weight excluding hydrogens is 399 g/mol. The quantitative estimate of drug-likeness (QED) is 0.715. The van der Waals surface area contributed by atoms with Crippen molar-refractivity contribution in [1.82, 2.24) is 9.88 Å². The first-order valence-electron chi connectivity index (χ1n) is 9.52. The molecule has 3 rings (SSSR count). The molecule has 1 aromatic heterocycles. The van der Waals surface area contributed by atoms with E-state index in [9.17, 15) is 18.0 Å². The number of alkyl halides is 3. The van der Waals surface area contributed by atoms with Crippen LogP contribution in [0.4, 0.5) is 19.0 Å². The lowest BCUT2D eigenvalue weighted by molar-refractivity contribution is -0.137. The Morgan fingerprint density at radius 2 is 1.97 bits per heavy atom. The number of carbonyl (C=O) groups is 1. The maximum atomic E-state index is 12.7. The third-order valence-corrected chi connectivity index (χ3v) is 5.81. The van der Waals surface area contributed by atoms with Crippen molar-refractivity contribution in [3.05, 3.63) is 59.3 Å². The van der Waals surface area contributed by atoms with Crippen LogP contribution < -0.4 is 4.90 Å². The summed E-state index contributed by atoms with van der Waals surface area (Å²) in [5, 5.41) is 0. The molecule has 2 heterocycles. The first kappa shape index (κ1) is 21.5. The fourth-order valence-corrected chi connectivity index (χ4v) is 4.16. The molecule has 0 atom stereocenters. The molecule has 1 aliphatic heterocycles. The number of aromatic nitrogens is 1. The Morgan fingerprint density at radius 3 is 2.66 bits per heavy atom. The van der Waals surface area contributed by atoms with E-state index in [1.807, 2.05) is 28.9 Å². The van der Waals surface area contributed by atoms with E-state index in [2.05, 4.69) is 17.1 Å². The van der Waals surface area contributed by atoms with Crippen LogP contribution in [0.3, 0.4) is 0 Å². The Balaban J connectivity index is 1.49. The molecule has 1 saturated heterocycles. The molecule has 0 bridgehead atoms. The zero-order valence-electron chi connectivity index (χ0n) is 16.3. The number of anilines is 1. The highest BCUT2D eigenvalue weighted by Gasteiger charge is 2.31. The molecule has 156 valence electrons. The summed E-state index contributed by atoms with van der Waals surface area (Å²) in [6.07, 6.45) is -2.76. The van der Waals surface area contributed by atoms with Crippen molar-refractivity contribution >= 4 is 23.5 Å². The van der Waals surface area contributed by atoms with Crippen molar-refractivity contribution in [3.8, 4) is 0 Å². The summed E-state index contributed by atoms with van der Waals surface area (Å²) in [5.41, 5.74) is 1.66. The van der Waals surface area contributed by atoms with Crippen LogP contribution in [0, 0.1) is 6.92 Å². The van der Waals surface area contributed by atoms with Gasteiger partial charge in [-0.05, 0) is 31.0 Å². The van der Waals surface area contributed by atoms with Gasteiger partial charge in [0.1, 0.15) is 5.82 Å². The number of amides is 1. The molecule has 1 aromatic carbocycles. The van der Waals surface area contributed by atoms with E-state index >= 15 is 0 Å². The van der Waals surface area contributed by atoms with Crippen LogP contribution in [0.2, 0.25) is 0 Å². The second-order valence-corrected chi connectivity index (χ2v) is 8.09. The van der Waals surface area contributed by atoms with E-state index < -0.39 is 11.7 Å². The van der Waals surface area contributed by atoms with Gasteiger partial charge in [-0.25, -0.2) is 4.98 Å². The van der Waals surface area contributed by atoms with Gasteiger partial charge in [-0.1, -0.05) is 29.8 Å². The highest BCUT2D eigenvalue weighted by atomic mass is 32.2. The fraction of sp³-hybridized carbons (Fsp3) is 0.429. The van der Waals surface area contributed by atoms with Crippen LogP contribution in [0.1, 0.15) is 23.1 Å². The monoisotopic (exact) mass is 423 g/mol. The van der Waals surface area contributed by atoms with Gasteiger partial charge < -0.3 is 9.80 Å². The molecule has 0 aliphatic carbocycles. The Bertz CT molecular complexity index is 827. The maximum Gasteiger partial charge on any atom is 0.417 e. The molecule has 8 heteroatoms. The Labute approximate surface area is 173 Å². The average molecular weight is 424 g/mol. The highest BCUT2D eigenvalue weighted by molar-refractivity contribution is 7.99. The van der Waals surface area contributed by atoms with Gasteiger partial charge in [0, 0.05) is 38.1 Å². The predicted molar refractivity (Wildman–Crippen MR) is 110 cm³/mol. The van der Waals surface area contributed by atoms with Crippen LogP contribution in [0.15, 0.2) is 42.6 Å². The second kappa shape index (κ2) is 9.52. The van der Waals surface area contributed by atoms with E-state index in [0.29, 0.717) is 37.7 Å². The van der Waals surface area contributed by atoms with Gasteiger partial charge in [0.25, 0.3) is 0 Å². The van der Waals surface area contributed by atoms with Crippen LogP contribution in [-0.2, 0) is 16.7 Å². The van der Waals surface area contributed by atoms with Gasteiger partial charge in [0.05, 0.1) is 11.3 Å². The minimum absolute atomic E-state index is 0.102. The summed E-state index contributed by atoms with van der Waals surface area (Å²) in [6.45, 7) is 4.48. The van der Waals surface area contributed by atoms with E-state index in [4.69, 9.17) is 0 Å². The van der Waals surface area contributed by atoms with Crippen LogP contribution in [0.25, 0.3) is 0 Å². The Morgan fingerprint density at radius 1 is 1.14 bits per heavy atom. The SMILES string of the molecule is Cc1cccc(CSCC(=O)N2CCCN(c3ccc(C(F)(F)F)cn3)CC2)c1. The third kappa shape index (κ3) is 6.13. The molecule has 29 heavy (non-hydrogen) atoms. The van der Waals surface area contributed by atoms with Gasteiger partial charge in [0.15, 0.2) is 0 Å². The van der Waals surface area contributed by atoms with Crippen molar-refractivity contribution in [2.75, 3.05) is 36.8 Å². The normalized spacial score (nSPS) is 15.3. The number of hydrogen-bond acceptors (Lipinski definition) is 4. The number of aryl methyl sites for hydroxylation is 1. The number of carbonyl (C=O) groups excluding carboxylic acids is 1. The lowest BCUT2D eigenvalue weighted by Crippen LogP contribution is -2.36. The summed E-state index contributed by atoms with van der Waals surface area (Å²) in [4.78, 5) is 20.3. The number of hydrogen-bond donors (Lipinski definition) is 0. The number of halogens is 3. The van der Waals surface area contributed by atoms with Gasteiger partial charge >= 0.3 is 6.18 Å². The first-order chi connectivity index (χ1) is 13.8. The molecule has 0 saturated carbocycles. The lowest BCUT2D eigenvalue weighted by Gasteiger charge is -2.23. The zero-order valence-corrected chi connectivity index (χ0v) is 17.1. The third-order valence-electron chi connectivity index (χ3n) is 4.82. The van der Waals surface area contributed by atoms with Crippen LogP contribution in [-0.4, -0.2) is 47.7 Å².